The molecule has 1 aliphatic carbocycles. The summed E-state index contributed by atoms with van der Waals surface area (Å²) in [4.78, 5) is 6.01. The van der Waals surface area contributed by atoms with Gasteiger partial charge in [0.25, 0.3) is 0 Å². The molecule has 1 heterocycles. The summed E-state index contributed by atoms with van der Waals surface area (Å²) in [5.41, 5.74) is -0.102. The molecule has 4 heteroatoms. The van der Waals surface area contributed by atoms with Gasteiger partial charge in [-0.1, -0.05) is 13.8 Å². The Kier molecular flexibility index (Phi) is 6.00. The molecule has 0 saturated heterocycles. The molecular formula is C16H28N2OS. The second-order valence-electron chi connectivity index (χ2n) is 5.92. The average molecular weight is 296 g/mol. The summed E-state index contributed by atoms with van der Waals surface area (Å²) in [7, 11) is 0. The minimum atomic E-state index is -0.102. The number of thiazole rings is 1. The van der Waals surface area contributed by atoms with Crippen molar-refractivity contribution in [1.82, 2.24) is 10.3 Å². The standard InChI is InChI=1S/C16H28N2OS/c1-4-10-17-11-14-12-18-15(20-14)16(19-5-2)8-6-13(3)7-9-16/h12-13,17H,4-11H2,1-3H3. The second-order valence-corrected chi connectivity index (χ2v) is 7.03. The average Bonchev–Trinajstić information content (AvgIpc) is 2.92. The largest absolute Gasteiger partial charge is 0.368 e. The Morgan fingerprint density at radius 2 is 2.15 bits per heavy atom. The van der Waals surface area contributed by atoms with E-state index >= 15 is 0 Å². The fourth-order valence-corrected chi connectivity index (χ4v) is 4.00. The molecule has 2 rings (SSSR count). The molecule has 114 valence electrons. The monoisotopic (exact) mass is 296 g/mol. The molecule has 0 atom stereocenters. The van der Waals surface area contributed by atoms with E-state index in [9.17, 15) is 0 Å². The van der Waals surface area contributed by atoms with Crippen molar-refractivity contribution in [2.75, 3.05) is 13.2 Å². The van der Waals surface area contributed by atoms with Crippen LogP contribution in [0.25, 0.3) is 0 Å². The van der Waals surface area contributed by atoms with Crippen LogP contribution in [0.3, 0.4) is 0 Å². The molecule has 0 aliphatic heterocycles. The number of ether oxygens (including phenoxy) is 1. The van der Waals surface area contributed by atoms with Crippen LogP contribution in [-0.2, 0) is 16.9 Å². The summed E-state index contributed by atoms with van der Waals surface area (Å²) in [5.74, 6) is 0.828. The number of nitrogens with one attached hydrogen (secondary N) is 1. The van der Waals surface area contributed by atoms with E-state index in [1.165, 1.54) is 29.1 Å². The maximum Gasteiger partial charge on any atom is 0.125 e. The van der Waals surface area contributed by atoms with Gasteiger partial charge in [-0.15, -0.1) is 11.3 Å². The number of hydrogen-bond donors (Lipinski definition) is 1. The van der Waals surface area contributed by atoms with Gasteiger partial charge in [0.05, 0.1) is 0 Å². The van der Waals surface area contributed by atoms with Crippen molar-refractivity contribution in [3.8, 4) is 0 Å². The van der Waals surface area contributed by atoms with E-state index in [0.717, 1.165) is 38.5 Å². The predicted molar refractivity (Wildman–Crippen MR) is 85.0 cm³/mol. The van der Waals surface area contributed by atoms with Gasteiger partial charge in [-0.05, 0) is 51.5 Å². The first-order valence-corrected chi connectivity index (χ1v) is 8.81. The molecule has 1 aliphatic rings. The summed E-state index contributed by atoms with van der Waals surface area (Å²) < 4.78 is 6.17. The number of nitrogens with zero attached hydrogens (tertiary/aromatic N) is 1. The third-order valence-electron chi connectivity index (χ3n) is 4.17. The van der Waals surface area contributed by atoms with Crippen LogP contribution >= 0.6 is 11.3 Å². The molecule has 0 unspecified atom stereocenters. The normalized spacial score (nSPS) is 26.9. The maximum absolute atomic E-state index is 6.17. The fraction of sp³-hybridized carbons (Fsp3) is 0.812. The molecule has 0 radical (unpaired) electrons. The van der Waals surface area contributed by atoms with Gasteiger partial charge in [-0.3, -0.25) is 0 Å². The minimum absolute atomic E-state index is 0.102. The van der Waals surface area contributed by atoms with Crippen molar-refractivity contribution < 1.29 is 4.74 Å². The zero-order valence-electron chi connectivity index (χ0n) is 13.1. The lowest BCUT2D eigenvalue weighted by Gasteiger charge is -2.37. The highest BCUT2D eigenvalue weighted by molar-refractivity contribution is 7.11. The molecule has 20 heavy (non-hydrogen) atoms. The van der Waals surface area contributed by atoms with Crippen molar-refractivity contribution in [3.63, 3.8) is 0 Å². The first kappa shape index (κ1) is 15.9. The van der Waals surface area contributed by atoms with E-state index in [1.54, 1.807) is 0 Å². The quantitative estimate of drug-likeness (QED) is 0.770. The molecule has 1 saturated carbocycles. The van der Waals surface area contributed by atoms with E-state index in [2.05, 4.69) is 31.1 Å². The van der Waals surface area contributed by atoms with Crippen LogP contribution in [0.1, 0.15) is 62.8 Å². The Balaban J connectivity index is 2.05. The van der Waals surface area contributed by atoms with Crippen LogP contribution < -0.4 is 5.32 Å². The van der Waals surface area contributed by atoms with Crippen molar-refractivity contribution in [2.45, 2.75) is 65.0 Å². The van der Waals surface area contributed by atoms with Gasteiger partial charge in [0, 0.05) is 24.2 Å². The highest BCUT2D eigenvalue weighted by Gasteiger charge is 2.39. The van der Waals surface area contributed by atoms with Gasteiger partial charge in [0.2, 0.25) is 0 Å². The van der Waals surface area contributed by atoms with E-state index in [0.29, 0.717) is 0 Å². The smallest absolute Gasteiger partial charge is 0.125 e. The molecule has 3 nitrogen and oxygen atoms in total. The van der Waals surface area contributed by atoms with Gasteiger partial charge in [0.15, 0.2) is 0 Å². The summed E-state index contributed by atoms with van der Waals surface area (Å²) in [6.07, 6.45) is 7.95. The highest BCUT2D eigenvalue weighted by atomic mass is 32.1. The third-order valence-corrected chi connectivity index (χ3v) is 5.35. The molecule has 0 bridgehead atoms. The lowest BCUT2D eigenvalue weighted by molar-refractivity contribution is -0.0776. The molecular weight excluding hydrogens is 268 g/mol. The van der Waals surface area contributed by atoms with E-state index in [4.69, 9.17) is 4.74 Å². The van der Waals surface area contributed by atoms with Gasteiger partial charge in [-0.2, -0.15) is 0 Å². The van der Waals surface area contributed by atoms with Crippen LogP contribution in [-0.4, -0.2) is 18.1 Å². The van der Waals surface area contributed by atoms with E-state index in [1.807, 2.05) is 17.5 Å². The summed E-state index contributed by atoms with van der Waals surface area (Å²) >= 11 is 1.83. The third kappa shape index (κ3) is 3.80. The van der Waals surface area contributed by atoms with Crippen LogP contribution in [0.5, 0.6) is 0 Å². The molecule has 1 aromatic rings. The Morgan fingerprint density at radius 3 is 2.80 bits per heavy atom. The topological polar surface area (TPSA) is 34.2 Å². The number of rotatable bonds is 7. The molecule has 1 aromatic heterocycles. The van der Waals surface area contributed by atoms with Gasteiger partial charge < -0.3 is 10.1 Å². The van der Waals surface area contributed by atoms with Crippen LogP contribution in [0.15, 0.2) is 6.20 Å². The van der Waals surface area contributed by atoms with Crippen molar-refractivity contribution >= 4 is 11.3 Å². The first-order valence-electron chi connectivity index (χ1n) is 8.00. The lowest BCUT2D eigenvalue weighted by atomic mass is 9.80. The highest BCUT2D eigenvalue weighted by Crippen LogP contribution is 2.43. The molecule has 0 aromatic carbocycles. The number of aromatic nitrogens is 1. The van der Waals surface area contributed by atoms with Crippen molar-refractivity contribution in [3.05, 3.63) is 16.1 Å². The van der Waals surface area contributed by atoms with Crippen LogP contribution in [0, 0.1) is 5.92 Å². The zero-order chi connectivity index (χ0) is 14.4. The molecule has 1 N–H and O–H groups in total. The van der Waals surface area contributed by atoms with Gasteiger partial charge >= 0.3 is 0 Å². The van der Waals surface area contributed by atoms with Crippen LogP contribution in [0.2, 0.25) is 0 Å². The Hall–Kier alpha value is -0.450. The SMILES string of the molecule is CCCNCc1cnc(C2(OCC)CCC(C)CC2)s1. The Bertz CT molecular complexity index is 397. The van der Waals surface area contributed by atoms with Crippen molar-refractivity contribution in [1.29, 1.82) is 0 Å². The first-order chi connectivity index (χ1) is 9.70. The fourth-order valence-electron chi connectivity index (χ4n) is 2.91. The predicted octanol–water partition coefficient (Wildman–Crippen LogP) is 4.08. The van der Waals surface area contributed by atoms with Gasteiger partial charge in [0.1, 0.15) is 10.6 Å². The van der Waals surface area contributed by atoms with E-state index < -0.39 is 0 Å². The van der Waals surface area contributed by atoms with Crippen molar-refractivity contribution in [2.24, 2.45) is 5.92 Å². The second kappa shape index (κ2) is 7.53. The summed E-state index contributed by atoms with van der Waals surface area (Å²) in [5, 5.41) is 4.64. The maximum atomic E-state index is 6.17. The number of hydrogen-bond acceptors (Lipinski definition) is 4. The van der Waals surface area contributed by atoms with Gasteiger partial charge in [-0.25, -0.2) is 4.98 Å². The molecule has 0 spiro atoms. The molecule has 1 fully saturated rings. The lowest BCUT2D eigenvalue weighted by Crippen LogP contribution is -2.34. The summed E-state index contributed by atoms with van der Waals surface area (Å²) in [6.45, 7) is 9.41. The Labute approximate surface area is 127 Å². The minimum Gasteiger partial charge on any atom is -0.368 e. The zero-order valence-corrected chi connectivity index (χ0v) is 13.9. The van der Waals surface area contributed by atoms with Crippen LogP contribution in [0.4, 0.5) is 0 Å². The van der Waals surface area contributed by atoms with E-state index in [-0.39, 0.29) is 5.60 Å². The molecule has 0 amide bonds. The summed E-state index contributed by atoms with van der Waals surface area (Å²) in [6, 6.07) is 0. The Morgan fingerprint density at radius 1 is 1.40 bits per heavy atom.